The van der Waals surface area contributed by atoms with Crippen LogP contribution in [0.4, 0.5) is 0 Å². The van der Waals surface area contributed by atoms with Crippen molar-refractivity contribution in [1.29, 1.82) is 0 Å². The summed E-state index contributed by atoms with van der Waals surface area (Å²) in [5, 5.41) is 2.80. The first kappa shape index (κ1) is 12.4. The summed E-state index contributed by atoms with van der Waals surface area (Å²) >= 11 is 0. The van der Waals surface area contributed by atoms with Crippen LogP contribution < -0.4 is 5.32 Å². The summed E-state index contributed by atoms with van der Waals surface area (Å²) in [6.07, 6.45) is 1.79. The number of amidine groups is 1. The van der Waals surface area contributed by atoms with E-state index in [-0.39, 0.29) is 5.91 Å². The van der Waals surface area contributed by atoms with Crippen molar-refractivity contribution in [3.05, 3.63) is 77.0 Å². The third-order valence-electron chi connectivity index (χ3n) is 3.12. The molecule has 0 radical (unpaired) electrons. The van der Waals surface area contributed by atoms with E-state index in [1.54, 1.807) is 6.08 Å². The average molecular weight is 262 g/mol. The van der Waals surface area contributed by atoms with Gasteiger partial charge in [-0.15, -0.1) is 0 Å². The molecule has 0 aromatic heterocycles. The Kier molecular flexibility index (Phi) is 3.17. The maximum Gasteiger partial charge on any atom is 0.275 e. The fourth-order valence-electron chi connectivity index (χ4n) is 2.02. The van der Waals surface area contributed by atoms with Gasteiger partial charge in [-0.25, -0.2) is 4.99 Å². The van der Waals surface area contributed by atoms with Gasteiger partial charge in [0.25, 0.3) is 5.91 Å². The highest BCUT2D eigenvalue weighted by Gasteiger charge is 2.20. The molecular weight excluding hydrogens is 248 g/mol. The molecule has 3 nitrogen and oxygen atoms in total. The lowest BCUT2D eigenvalue weighted by atomic mass is 10.1. The predicted octanol–water partition coefficient (Wildman–Crippen LogP) is 2.91. The van der Waals surface area contributed by atoms with Crippen LogP contribution in [0.3, 0.4) is 0 Å². The van der Waals surface area contributed by atoms with Crippen LogP contribution in [0.5, 0.6) is 0 Å². The Morgan fingerprint density at radius 3 is 2.40 bits per heavy atom. The second kappa shape index (κ2) is 5.13. The van der Waals surface area contributed by atoms with Gasteiger partial charge in [0, 0.05) is 5.56 Å². The van der Waals surface area contributed by atoms with Crippen LogP contribution >= 0.6 is 0 Å². The van der Waals surface area contributed by atoms with Gasteiger partial charge < -0.3 is 5.32 Å². The van der Waals surface area contributed by atoms with Gasteiger partial charge in [-0.3, -0.25) is 4.79 Å². The first-order chi connectivity index (χ1) is 9.72. The number of amides is 1. The second-order valence-electron chi connectivity index (χ2n) is 4.72. The molecule has 98 valence electrons. The quantitative estimate of drug-likeness (QED) is 0.831. The van der Waals surface area contributed by atoms with E-state index in [1.807, 2.05) is 61.5 Å². The Hall–Kier alpha value is -2.68. The number of nitrogens with one attached hydrogen (secondary N) is 1. The van der Waals surface area contributed by atoms with E-state index in [0.29, 0.717) is 11.5 Å². The van der Waals surface area contributed by atoms with E-state index in [0.717, 1.165) is 11.1 Å². The molecule has 0 saturated carbocycles. The zero-order valence-corrected chi connectivity index (χ0v) is 11.1. The number of carbonyl (C=O) groups is 1. The number of aryl methyl sites for hydroxylation is 1. The molecule has 0 unspecified atom stereocenters. The largest absolute Gasteiger partial charge is 0.305 e. The predicted molar refractivity (Wildman–Crippen MR) is 80.3 cm³/mol. The Morgan fingerprint density at radius 1 is 1.00 bits per heavy atom. The molecule has 0 aliphatic carbocycles. The van der Waals surface area contributed by atoms with Crippen LogP contribution in [0.1, 0.15) is 16.7 Å². The zero-order valence-electron chi connectivity index (χ0n) is 11.1. The summed E-state index contributed by atoms with van der Waals surface area (Å²) < 4.78 is 0. The maximum atomic E-state index is 11.9. The van der Waals surface area contributed by atoms with Crippen molar-refractivity contribution in [3.8, 4) is 0 Å². The fourth-order valence-corrected chi connectivity index (χ4v) is 2.02. The van der Waals surface area contributed by atoms with Gasteiger partial charge in [0.15, 0.2) is 0 Å². The molecule has 1 N–H and O–H groups in total. The lowest BCUT2D eigenvalue weighted by Crippen LogP contribution is -2.24. The van der Waals surface area contributed by atoms with Crippen molar-refractivity contribution in [3.63, 3.8) is 0 Å². The number of carbonyl (C=O) groups excluding carboxylic acids is 1. The van der Waals surface area contributed by atoms with Crippen LogP contribution in [0.25, 0.3) is 6.08 Å². The molecule has 0 fully saturated rings. The summed E-state index contributed by atoms with van der Waals surface area (Å²) in [7, 11) is 0. The van der Waals surface area contributed by atoms with Crippen molar-refractivity contribution in [2.75, 3.05) is 0 Å². The molecule has 0 atom stereocenters. The molecule has 3 heteroatoms. The lowest BCUT2D eigenvalue weighted by Gasteiger charge is -2.00. The Morgan fingerprint density at radius 2 is 1.70 bits per heavy atom. The van der Waals surface area contributed by atoms with Crippen molar-refractivity contribution in [2.45, 2.75) is 6.92 Å². The summed E-state index contributed by atoms with van der Waals surface area (Å²) in [4.78, 5) is 16.3. The van der Waals surface area contributed by atoms with Crippen molar-refractivity contribution in [2.24, 2.45) is 4.99 Å². The SMILES string of the molecule is Cc1ccc(C2=N/C(=C/c3ccccc3)C(=O)N2)cc1. The van der Waals surface area contributed by atoms with Crippen molar-refractivity contribution in [1.82, 2.24) is 5.32 Å². The number of hydrogen-bond acceptors (Lipinski definition) is 2. The van der Waals surface area contributed by atoms with Crippen molar-refractivity contribution >= 4 is 17.8 Å². The topological polar surface area (TPSA) is 41.5 Å². The van der Waals surface area contributed by atoms with Gasteiger partial charge in [-0.05, 0) is 18.6 Å². The van der Waals surface area contributed by atoms with Crippen LogP contribution in [0.15, 0.2) is 65.3 Å². The van der Waals surface area contributed by atoms with Gasteiger partial charge in [0.2, 0.25) is 0 Å². The standard InChI is InChI=1S/C17H14N2O/c1-12-7-9-14(10-8-12)16-18-15(17(20)19-16)11-13-5-3-2-4-6-13/h2-11H,1H3,(H,18,19,20)/b15-11+. The number of hydrogen-bond donors (Lipinski definition) is 1. The van der Waals surface area contributed by atoms with Crippen LogP contribution in [-0.4, -0.2) is 11.7 Å². The monoisotopic (exact) mass is 262 g/mol. The first-order valence-electron chi connectivity index (χ1n) is 6.46. The average Bonchev–Trinajstić information content (AvgIpc) is 2.82. The van der Waals surface area contributed by atoms with Gasteiger partial charge in [-0.2, -0.15) is 0 Å². The highest BCUT2D eigenvalue weighted by atomic mass is 16.2. The lowest BCUT2D eigenvalue weighted by molar-refractivity contribution is -0.115. The van der Waals surface area contributed by atoms with E-state index in [1.165, 1.54) is 5.56 Å². The summed E-state index contributed by atoms with van der Waals surface area (Å²) in [5.41, 5.74) is 3.50. The van der Waals surface area contributed by atoms with Gasteiger partial charge >= 0.3 is 0 Å². The number of aliphatic imine (C=N–C) groups is 1. The Balaban J connectivity index is 1.93. The smallest absolute Gasteiger partial charge is 0.275 e. The summed E-state index contributed by atoms with van der Waals surface area (Å²) in [6, 6.07) is 17.6. The molecule has 1 amide bonds. The van der Waals surface area contributed by atoms with Crippen LogP contribution in [-0.2, 0) is 4.79 Å². The van der Waals surface area contributed by atoms with Crippen LogP contribution in [0.2, 0.25) is 0 Å². The molecule has 1 aliphatic heterocycles. The molecule has 2 aromatic carbocycles. The van der Waals surface area contributed by atoms with E-state index in [4.69, 9.17) is 0 Å². The molecule has 2 aromatic rings. The molecular formula is C17H14N2O. The van der Waals surface area contributed by atoms with E-state index < -0.39 is 0 Å². The molecule has 3 rings (SSSR count). The van der Waals surface area contributed by atoms with Crippen LogP contribution in [0, 0.1) is 6.92 Å². The molecule has 0 spiro atoms. The molecule has 20 heavy (non-hydrogen) atoms. The Labute approximate surface area is 117 Å². The molecule has 1 aliphatic rings. The minimum Gasteiger partial charge on any atom is -0.305 e. The zero-order chi connectivity index (χ0) is 13.9. The summed E-state index contributed by atoms with van der Waals surface area (Å²) in [6.45, 7) is 2.03. The summed E-state index contributed by atoms with van der Waals surface area (Å²) in [5.74, 6) is 0.446. The normalized spacial score (nSPS) is 16.1. The number of rotatable bonds is 2. The van der Waals surface area contributed by atoms with Crippen molar-refractivity contribution < 1.29 is 4.79 Å². The Bertz CT molecular complexity index is 698. The van der Waals surface area contributed by atoms with E-state index >= 15 is 0 Å². The van der Waals surface area contributed by atoms with Gasteiger partial charge in [-0.1, -0.05) is 60.2 Å². The third kappa shape index (κ3) is 2.52. The minimum absolute atomic E-state index is 0.163. The highest BCUT2D eigenvalue weighted by Crippen LogP contribution is 2.15. The highest BCUT2D eigenvalue weighted by molar-refractivity contribution is 6.19. The number of benzene rings is 2. The first-order valence-corrected chi connectivity index (χ1v) is 6.46. The number of nitrogens with zero attached hydrogens (tertiary/aromatic N) is 1. The van der Waals surface area contributed by atoms with Gasteiger partial charge in [0.1, 0.15) is 11.5 Å². The molecule has 1 heterocycles. The fraction of sp³-hybridized carbons (Fsp3) is 0.0588. The third-order valence-corrected chi connectivity index (χ3v) is 3.12. The van der Waals surface area contributed by atoms with E-state index in [9.17, 15) is 4.79 Å². The minimum atomic E-state index is -0.163. The molecule has 0 bridgehead atoms. The van der Waals surface area contributed by atoms with E-state index in [2.05, 4.69) is 10.3 Å². The second-order valence-corrected chi connectivity index (χ2v) is 4.72. The molecule has 0 saturated heterocycles. The van der Waals surface area contributed by atoms with Gasteiger partial charge in [0.05, 0.1) is 0 Å². The maximum absolute atomic E-state index is 11.9.